The van der Waals surface area contributed by atoms with E-state index < -0.39 is 0 Å². The van der Waals surface area contributed by atoms with Crippen LogP contribution in [0.25, 0.3) is 0 Å². The summed E-state index contributed by atoms with van der Waals surface area (Å²) < 4.78 is 0. The largest absolute Gasteiger partial charge is 0.352 e. The number of aromatic amines is 2. The van der Waals surface area contributed by atoms with Crippen molar-refractivity contribution >= 4 is 5.91 Å². The number of H-pyrrole nitrogens is 2. The van der Waals surface area contributed by atoms with Crippen LogP contribution in [0, 0.1) is 5.92 Å². The second kappa shape index (κ2) is 4.82. The Morgan fingerprint density at radius 1 is 1.40 bits per heavy atom. The highest BCUT2D eigenvalue weighted by Crippen LogP contribution is 2.00. The summed E-state index contributed by atoms with van der Waals surface area (Å²) >= 11 is 0. The zero-order valence-corrected chi connectivity index (χ0v) is 9.31. The summed E-state index contributed by atoms with van der Waals surface area (Å²) in [6, 6.07) is 0. The summed E-state index contributed by atoms with van der Waals surface area (Å²) in [5.74, 6) is -0.106. The van der Waals surface area contributed by atoms with Gasteiger partial charge in [-0.2, -0.15) is 0 Å². The molecule has 15 heavy (non-hydrogen) atoms. The Kier molecular flexibility index (Phi) is 3.71. The summed E-state index contributed by atoms with van der Waals surface area (Å²) in [5, 5.41) is 8.02. The molecule has 3 N–H and O–H groups in total. The third-order valence-corrected chi connectivity index (χ3v) is 2.28. The molecule has 1 aromatic heterocycles. The maximum absolute atomic E-state index is 11.3. The van der Waals surface area contributed by atoms with Crippen molar-refractivity contribution in [3.63, 3.8) is 0 Å². The van der Waals surface area contributed by atoms with Crippen LogP contribution in [-0.2, 0) is 17.8 Å². The number of nitrogens with one attached hydrogen (secondary N) is 3. The lowest BCUT2D eigenvalue weighted by Crippen LogP contribution is -2.29. The fourth-order valence-electron chi connectivity index (χ4n) is 1.29. The molecule has 0 radical (unpaired) electrons. The van der Waals surface area contributed by atoms with Crippen molar-refractivity contribution in [1.29, 1.82) is 0 Å². The molecule has 1 amide bonds. The van der Waals surface area contributed by atoms with Crippen molar-refractivity contribution in [3.8, 4) is 0 Å². The molecule has 0 saturated heterocycles. The van der Waals surface area contributed by atoms with E-state index in [9.17, 15) is 9.59 Å². The number of hydrogen-bond acceptors (Lipinski definition) is 2. The first-order chi connectivity index (χ1) is 7.06. The minimum absolute atomic E-state index is 0.0438. The molecule has 0 spiro atoms. The van der Waals surface area contributed by atoms with Gasteiger partial charge in [0.25, 0.3) is 5.56 Å². The van der Waals surface area contributed by atoms with Crippen molar-refractivity contribution in [2.24, 2.45) is 5.92 Å². The molecule has 1 aromatic rings. The Labute approximate surface area is 88.3 Å². The number of aryl methyl sites for hydroxylation is 1. The molecule has 1 rings (SSSR count). The number of hydrogen-bond donors (Lipinski definition) is 3. The van der Waals surface area contributed by atoms with E-state index in [0.717, 1.165) is 12.1 Å². The molecule has 0 aromatic carbocycles. The van der Waals surface area contributed by atoms with Gasteiger partial charge < -0.3 is 10.4 Å². The number of aromatic nitrogens is 2. The molecule has 5 nitrogen and oxygen atoms in total. The number of amides is 1. The normalized spacial score (nSPS) is 10.7. The highest BCUT2D eigenvalue weighted by Gasteiger charge is 2.11. The molecule has 0 saturated carbocycles. The van der Waals surface area contributed by atoms with Gasteiger partial charge >= 0.3 is 0 Å². The van der Waals surface area contributed by atoms with Crippen molar-refractivity contribution in [2.45, 2.75) is 33.7 Å². The molecular weight excluding hydrogens is 194 g/mol. The monoisotopic (exact) mass is 211 g/mol. The van der Waals surface area contributed by atoms with E-state index in [2.05, 4.69) is 15.5 Å². The number of carbonyl (C=O) groups is 1. The number of rotatable bonds is 4. The van der Waals surface area contributed by atoms with E-state index in [1.54, 1.807) is 0 Å². The van der Waals surface area contributed by atoms with Gasteiger partial charge in [-0.3, -0.25) is 14.7 Å². The topological polar surface area (TPSA) is 77.8 Å². The van der Waals surface area contributed by atoms with E-state index in [-0.39, 0.29) is 17.4 Å². The maximum atomic E-state index is 11.3. The summed E-state index contributed by atoms with van der Waals surface area (Å²) in [7, 11) is 0. The van der Waals surface area contributed by atoms with E-state index in [0.29, 0.717) is 12.1 Å². The van der Waals surface area contributed by atoms with E-state index in [1.165, 1.54) is 0 Å². The fraction of sp³-hybridized carbons (Fsp3) is 0.600. The molecule has 84 valence electrons. The zero-order valence-electron chi connectivity index (χ0n) is 9.31. The number of carbonyl (C=O) groups excluding carboxylic acids is 1. The fourth-order valence-corrected chi connectivity index (χ4v) is 1.29. The molecule has 5 heteroatoms. The molecule has 0 aliphatic carbocycles. The minimum atomic E-state index is -0.157. The van der Waals surface area contributed by atoms with Crippen molar-refractivity contribution in [2.75, 3.05) is 0 Å². The molecular formula is C10H17N3O2. The predicted molar refractivity (Wildman–Crippen MR) is 57.5 cm³/mol. The Morgan fingerprint density at radius 2 is 2.07 bits per heavy atom. The average molecular weight is 211 g/mol. The minimum Gasteiger partial charge on any atom is -0.352 e. The lowest BCUT2D eigenvalue weighted by Gasteiger charge is -2.06. The van der Waals surface area contributed by atoms with Crippen LogP contribution >= 0.6 is 0 Å². The zero-order chi connectivity index (χ0) is 11.4. The van der Waals surface area contributed by atoms with Crippen LogP contribution in [0.15, 0.2) is 4.79 Å². The predicted octanol–water partition coefficient (Wildman–Crippen LogP) is 0.538. The summed E-state index contributed by atoms with van der Waals surface area (Å²) in [6.45, 7) is 5.88. The first-order valence-electron chi connectivity index (χ1n) is 5.12. The van der Waals surface area contributed by atoms with Gasteiger partial charge in [0.15, 0.2) is 0 Å². The maximum Gasteiger partial charge on any atom is 0.269 e. The van der Waals surface area contributed by atoms with Gasteiger partial charge in [0.2, 0.25) is 5.91 Å². The van der Waals surface area contributed by atoms with Crippen LogP contribution in [0.3, 0.4) is 0 Å². The van der Waals surface area contributed by atoms with Gasteiger partial charge in [-0.1, -0.05) is 20.8 Å². The molecule has 0 fully saturated rings. The van der Waals surface area contributed by atoms with Gasteiger partial charge in [-0.05, 0) is 6.42 Å². The third-order valence-electron chi connectivity index (χ3n) is 2.28. The van der Waals surface area contributed by atoms with Crippen molar-refractivity contribution < 1.29 is 4.79 Å². The van der Waals surface area contributed by atoms with Gasteiger partial charge in [0.05, 0.1) is 12.1 Å². The van der Waals surface area contributed by atoms with Crippen LogP contribution in [0.5, 0.6) is 0 Å². The van der Waals surface area contributed by atoms with Crippen LogP contribution in [0.4, 0.5) is 0 Å². The smallest absolute Gasteiger partial charge is 0.269 e. The van der Waals surface area contributed by atoms with Crippen molar-refractivity contribution in [3.05, 3.63) is 21.6 Å². The third kappa shape index (κ3) is 2.71. The van der Waals surface area contributed by atoms with Crippen LogP contribution in [-0.4, -0.2) is 16.1 Å². The van der Waals surface area contributed by atoms with Gasteiger partial charge in [-0.15, -0.1) is 0 Å². The molecule has 0 atom stereocenters. The SMILES string of the molecule is CCc1[nH][nH]c(=O)c1CNC(=O)C(C)C. The lowest BCUT2D eigenvalue weighted by molar-refractivity contribution is -0.124. The van der Waals surface area contributed by atoms with E-state index in [1.807, 2.05) is 20.8 Å². The van der Waals surface area contributed by atoms with E-state index in [4.69, 9.17) is 0 Å². The highest BCUT2D eigenvalue weighted by molar-refractivity contribution is 5.77. The highest BCUT2D eigenvalue weighted by atomic mass is 16.2. The standard InChI is InChI=1S/C10H17N3O2/c1-4-8-7(10(15)13-12-8)5-11-9(14)6(2)3/h6H,4-5H2,1-3H3,(H,11,14)(H2,12,13,15). The second-order valence-corrected chi connectivity index (χ2v) is 3.76. The van der Waals surface area contributed by atoms with E-state index >= 15 is 0 Å². The Balaban J connectivity index is 2.68. The summed E-state index contributed by atoms with van der Waals surface area (Å²) in [6.07, 6.45) is 0.742. The quantitative estimate of drug-likeness (QED) is 0.679. The van der Waals surface area contributed by atoms with Crippen LogP contribution < -0.4 is 10.9 Å². The summed E-state index contributed by atoms with van der Waals surface area (Å²) in [4.78, 5) is 22.7. The van der Waals surface area contributed by atoms with Crippen LogP contribution in [0.2, 0.25) is 0 Å². The summed E-state index contributed by atoms with van der Waals surface area (Å²) in [5.41, 5.74) is 1.31. The molecule has 0 bridgehead atoms. The molecule has 0 aliphatic heterocycles. The first-order valence-corrected chi connectivity index (χ1v) is 5.12. The van der Waals surface area contributed by atoms with Crippen LogP contribution in [0.1, 0.15) is 32.0 Å². The Bertz CT molecular complexity index is 390. The van der Waals surface area contributed by atoms with Crippen molar-refractivity contribution in [1.82, 2.24) is 15.5 Å². The first kappa shape index (κ1) is 11.6. The van der Waals surface area contributed by atoms with Gasteiger partial charge in [0.1, 0.15) is 0 Å². The van der Waals surface area contributed by atoms with Gasteiger partial charge in [-0.25, -0.2) is 0 Å². The Morgan fingerprint density at radius 3 is 2.60 bits per heavy atom. The molecule has 1 heterocycles. The average Bonchev–Trinajstić information content (AvgIpc) is 2.55. The molecule has 0 aliphatic rings. The lowest BCUT2D eigenvalue weighted by atomic mass is 10.2. The Hall–Kier alpha value is -1.52. The molecule has 0 unspecified atom stereocenters. The second-order valence-electron chi connectivity index (χ2n) is 3.76. The van der Waals surface area contributed by atoms with Gasteiger partial charge in [0, 0.05) is 11.6 Å².